The number of piperidine rings is 1. The molecule has 1 fully saturated rings. The lowest BCUT2D eigenvalue weighted by Crippen LogP contribution is -2.52. The number of hydrogen-bond acceptors (Lipinski definition) is 6. The largest absolute Gasteiger partial charge is 0.484 e. The molecule has 0 aliphatic carbocycles. The standard InChI is InChI=1S/C16H17N3O5/c20-7-8-5-17-14-10-6-19(11-2-4-13(21)18-15(11)22)16(23)9(10)1-3-12(14)24-8/h1,3,8,11,17,20H,2,4-7H2,(H,18,21,22)/t8-,11+/m1/s1. The topological polar surface area (TPSA) is 108 Å². The van der Waals surface area contributed by atoms with Crippen LogP contribution >= 0.6 is 0 Å². The second-order valence-corrected chi connectivity index (χ2v) is 6.17. The molecule has 8 heteroatoms. The summed E-state index contributed by atoms with van der Waals surface area (Å²) in [4.78, 5) is 37.6. The van der Waals surface area contributed by atoms with Crippen LogP contribution in [0.5, 0.6) is 5.75 Å². The van der Waals surface area contributed by atoms with Crippen molar-refractivity contribution in [1.29, 1.82) is 0 Å². The zero-order valence-corrected chi connectivity index (χ0v) is 12.9. The second kappa shape index (κ2) is 5.48. The summed E-state index contributed by atoms with van der Waals surface area (Å²) >= 11 is 0. The molecular formula is C16H17N3O5. The van der Waals surface area contributed by atoms with Crippen LogP contribution in [-0.4, -0.2) is 53.0 Å². The van der Waals surface area contributed by atoms with E-state index in [4.69, 9.17) is 4.74 Å². The Morgan fingerprint density at radius 1 is 1.29 bits per heavy atom. The molecule has 0 bridgehead atoms. The Kier molecular flexibility index (Phi) is 3.42. The number of benzene rings is 1. The van der Waals surface area contributed by atoms with E-state index in [-0.39, 0.29) is 30.9 Å². The molecule has 3 aliphatic heterocycles. The molecule has 3 aliphatic rings. The molecule has 1 aromatic carbocycles. The van der Waals surface area contributed by atoms with Crippen molar-refractivity contribution in [2.75, 3.05) is 18.5 Å². The number of ether oxygens (including phenoxy) is 1. The highest BCUT2D eigenvalue weighted by molar-refractivity contribution is 6.06. The number of anilines is 1. The lowest BCUT2D eigenvalue weighted by Gasteiger charge is -2.30. The summed E-state index contributed by atoms with van der Waals surface area (Å²) in [5.41, 5.74) is 2.07. The summed E-state index contributed by atoms with van der Waals surface area (Å²) in [5, 5.41) is 14.7. The Morgan fingerprint density at radius 2 is 2.12 bits per heavy atom. The fourth-order valence-corrected chi connectivity index (χ4v) is 3.45. The quantitative estimate of drug-likeness (QED) is 0.637. The molecule has 2 atom stereocenters. The van der Waals surface area contributed by atoms with E-state index < -0.39 is 11.9 Å². The molecule has 0 aromatic heterocycles. The van der Waals surface area contributed by atoms with E-state index >= 15 is 0 Å². The van der Waals surface area contributed by atoms with Gasteiger partial charge in [0.2, 0.25) is 11.8 Å². The normalized spacial score (nSPS) is 25.5. The van der Waals surface area contributed by atoms with Crippen molar-refractivity contribution in [1.82, 2.24) is 10.2 Å². The number of carbonyl (C=O) groups excluding carboxylic acids is 3. The number of aliphatic hydroxyl groups is 1. The van der Waals surface area contributed by atoms with Gasteiger partial charge in [0.1, 0.15) is 17.9 Å². The number of rotatable bonds is 2. The first-order valence-electron chi connectivity index (χ1n) is 7.90. The van der Waals surface area contributed by atoms with Gasteiger partial charge in [-0.15, -0.1) is 0 Å². The van der Waals surface area contributed by atoms with Gasteiger partial charge < -0.3 is 20.1 Å². The highest BCUT2D eigenvalue weighted by Gasteiger charge is 2.41. The summed E-state index contributed by atoms with van der Waals surface area (Å²) in [5.74, 6) is -0.348. The van der Waals surface area contributed by atoms with Gasteiger partial charge in [0.05, 0.1) is 18.8 Å². The van der Waals surface area contributed by atoms with Crippen LogP contribution < -0.4 is 15.4 Å². The van der Waals surface area contributed by atoms with E-state index in [1.165, 1.54) is 4.90 Å². The molecule has 24 heavy (non-hydrogen) atoms. The second-order valence-electron chi connectivity index (χ2n) is 6.17. The van der Waals surface area contributed by atoms with E-state index in [9.17, 15) is 19.5 Å². The van der Waals surface area contributed by atoms with Crippen LogP contribution in [0, 0.1) is 0 Å². The van der Waals surface area contributed by atoms with Crippen LogP contribution in [0.15, 0.2) is 12.1 Å². The predicted octanol–water partition coefficient (Wildman–Crippen LogP) is -0.387. The Hall–Kier alpha value is -2.61. The smallest absolute Gasteiger partial charge is 0.255 e. The van der Waals surface area contributed by atoms with Gasteiger partial charge in [-0.2, -0.15) is 0 Å². The number of imide groups is 1. The molecule has 0 saturated carbocycles. The van der Waals surface area contributed by atoms with Gasteiger partial charge in [0.15, 0.2) is 0 Å². The Labute approximate surface area is 137 Å². The van der Waals surface area contributed by atoms with Gasteiger partial charge in [-0.25, -0.2) is 0 Å². The van der Waals surface area contributed by atoms with Gasteiger partial charge in [0, 0.05) is 24.1 Å². The first kappa shape index (κ1) is 14.9. The van der Waals surface area contributed by atoms with Crippen molar-refractivity contribution in [3.63, 3.8) is 0 Å². The highest BCUT2D eigenvalue weighted by atomic mass is 16.5. The van der Waals surface area contributed by atoms with Crippen LogP contribution in [0.4, 0.5) is 5.69 Å². The Morgan fingerprint density at radius 3 is 2.88 bits per heavy atom. The van der Waals surface area contributed by atoms with Crippen LogP contribution in [0.2, 0.25) is 0 Å². The van der Waals surface area contributed by atoms with E-state index in [0.717, 1.165) is 11.3 Å². The van der Waals surface area contributed by atoms with Crippen LogP contribution in [0.3, 0.4) is 0 Å². The molecule has 3 amide bonds. The average Bonchev–Trinajstić information content (AvgIpc) is 2.91. The lowest BCUT2D eigenvalue weighted by molar-refractivity contribution is -0.136. The summed E-state index contributed by atoms with van der Waals surface area (Å²) in [6, 6.07) is 2.76. The molecular weight excluding hydrogens is 314 g/mol. The number of nitrogens with zero attached hydrogens (tertiary/aromatic N) is 1. The number of amides is 3. The van der Waals surface area contributed by atoms with Crippen LogP contribution in [0.1, 0.15) is 28.8 Å². The monoisotopic (exact) mass is 331 g/mol. The maximum atomic E-state index is 12.7. The summed E-state index contributed by atoms with van der Waals surface area (Å²) in [6.45, 7) is 0.654. The molecule has 0 unspecified atom stereocenters. The summed E-state index contributed by atoms with van der Waals surface area (Å²) in [7, 11) is 0. The van der Waals surface area contributed by atoms with Crippen molar-refractivity contribution in [3.8, 4) is 5.75 Å². The van der Waals surface area contributed by atoms with Crippen molar-refractivity contribution in [3.05, 3.63) is 23.3 Å². The number of nitrogens with one attached hydrogen (secondary N) is 2. The molecule has 1 aromatic rings. The van der Waals surface area contributed by atoms with Gasteiger partial charge in [-0.05, 0) is 18.6 Å². The average molecular weight is 331 g/mol. The minimum Gasteiger partial charge on any atom is -0.484 e. The third-order valence-corrected chi connectivity index (χ3v) is 4.68. The minimum absolute atomic E-state index is 0.0924. The van der Waals surface area contributed by atoms with Gasteiger partial charge in [-0.3, -0.25) is 19.7 Å². The number of fused-ring (bicyclic) bond motifs is 3. The fraction of sp³-hybridized carbons (Fsp3) is 0.438. The van der Waals surface area contributed by atoms with Gasteiger partial charge >= 0.3 is 0 Å². The predicted molar refractivity (Wildman–Crippen MR) is 82.5 cm³/mol. The number of carbonyl (C=O) groups is 3. The van der Waals surface area contributed by atoms with Gasteiger partial charge in [-0.1, -0.05) is 0 Å². The zero-order valence-electron chi connectivity index (χ0n) is 12.9. The van der Waals surface area contributed by atoms with Crippen LogP contribution in [0.25, 0.3) is 0 Å². The van der Waals surface area contributed by atoms with Crippen molar-refractivity contribution in [2.45, 2.75) is 31.5 Å². The molecule has 0 spiro atoms. The Bertz CT molecular complexity index is 747. The maximum Gasteiger partial charge on any atom is 0.255 e. The molecule has 8 nitrogen and oxygen atoms in total. The molecule has 126 valence electrons. The number of hydrogen-bond donors (Lipinski definition) is 3. The number of aliphatic hydroxyl groups excluding tert-OH is 1. The Balaban J connectivity index is 1.63. The van der Waals surface area contributed by atoms with Crippen molar-refractivity contribution in [2.24, 2.45) is 0 Å². The molecule has 4 rings (SSSR count). The van der Waals surface area contributed by atoms with E-state index in [2.05, 4.69) is 10.6 Å². The molecule has 3 heterocycles. The van der Waals surface area contributed by atoms with Crippen molar-refractivity contribution < 1.29 is 24.2 Å². The fourth-order valence-electron chi connectivity index (χ4n) is 3.45. The lowest BCUT2D eigenvalue weighted by atomic mass is 10.0. The maximum absolute atomic E-state index is 12.7. The summed E-state index contributed by atoms with van der Waals surface area (Å²) < 4.78 is 5.69. The summed E-state index contributed by atoms with van der Waals surface area (Å²) in [6.07, 6.45) is 0.246. The first-order chi connectivity index (χ1) is 11.6. The third kappa shape index (κ3) is 2.22. The SMILES string of the molecule is O=C1CC[C@H](N2Cc3c(ccc4c3NC[C@H](CO)O4)C2=O)C(=O)N1. The van der Waals surface area contributed by atoms with E-state index in [0.29, 0.717) is 30.8 Å². The van der Waals surface area contributed by atoms with Gasteiger partial charge in [0.25, 0.3) is 5.91 Å². The molecule has 3 N–H and O–H groups in total. The molecule has 0 radical (unpaired) electrons. The zero-order chi connectivity index (χ0) is 16.8. The van der Waals surface area contributed by atoms with E-state index in [1.54, 1.807) is 12.1 Å². The highest BCUT2D eigenvalue weighted by Crippen LogP contribution is 2.40. The molecule has 1 saturated heterocycles. The van der Waals surface area contributed by atoms with E-state index in [1.807, 2.05) is 0 Å². The first-order valence-corrected chi connectivity index (χ1v) is 7.90. The van der Waals surface area contributed by atoms with Crippen molar-refractivity contribution >= 4 is 23.4 Å². The minimum atomic E-state index is -0.632. The van der Waals surface area contributed by atoms with Crippen LogP contribution in [-0.2, 0) is 16.1 Å². The third-order valence-electron chi connectivity index (χ3n) is 4.68.